The van der Waals surface area contributed by atoms with Crippen molar-refractivity contribution >= 4 is 11.9 Å². The number of carbonyl (C=O) groups excluding carboxylic acids is 2. The zero-order chi connectivity index (χ0) is 20.2. The second-order valence-electron chi connectivity index (χ2n) is 7.51. The van der Waals surface area contributed by atoms with Crippen LogP contribution in [0.2, 0.25) is 0 Å². The summed E-state index contributed by atoms with van der Waals surface area (Å²) in [6.45, 7) is 4.48. The number of fused-ring (bicyclic) bond motifs is 1. The monoisotopic (exact) mass is 392 g/mol. The van der Waals surface area contributed by atoms with Crippen molar-refractivity contribution in [3.63, 3.8) is 0 Å². The van der Waals surface area contributed by atoms with Crippen LogP contribution in [0, 0.1) is 11.8 Å². The third-order valence-corrected chi connectivity index (χ3v) is 5.69. The summed E-state index contributed by atoms with van der Waals surface area (Å²) in [7, 11) is 0. The first-order valence-electron chi connectivity index (χ1n) is 9.90. The number of rotatable bonds is 7. The van der Waals surface area contributed by atoms with E-state index in [0.717, 1.165) is 11.1 Å². The van der Waals surface area contributed by atoms with Gasteiger partial charge in [0.1, 0.15) is 12.2 Å². The van der Waals surface area contributed by atoms with Crippen LogP contribution >= 0.6 is 0 Å². The molecule has 0 amide bonds. The molecule has 1 aliphatic heterocycles. The number of hydrogen-bond acceptors (Lipinski definition) is 5. The normalized spacial score (nSPS) is 25.3. The Labute approximate surface area is 170 Å². The standard InChI is InChI=1S/C24H24O5/c1-2-12-27-15-20-19-13-23(25)28-21(19)14-22(20)29-24(26)18-10-8-17(9-11-18)16-6-4-3-5-7-16/h2-11,19-22H,1,12-15H2/t19-,20-,21+,22-/m1/s1. The molecule has 29 heavy (non-hydrogen) atoms. The quantitative estimate of drug-likeness (QED) is 0.404. The third-order valence-electron chi connectivity index (χ3n) is 5.69. The van der Waals surface area contributed by atoms with Gasteiger partial charge in [0.25, 0.3) is 0 Å². The number of benzene rings is 2. The van der Waals surface area contributed by atoms with Crippen molar-refractivity contribution in [3.05, 3.63) is 72.8 Å². The minimum atomic E-state index is -0.366. The van der Waals surface area contributed by atoms with Crippen LogP contribution in [0.15, 0.2) is 67.3 Å². The lowest BCUT2D eigenvalue weighted by molar-refractivity contribution is -0.141. The summed E-state index contributed by atoms with van der Waals surface area (Å²) in [5, 5.41) is 0. The predicted octanol–water partition coefficient (Wildman–Crippen LogP) is 4.03. The molecule has 0 spiro atoms. The first kappa shape index (κ1) is 19.4. The molecule has 5 heteroatoms. The predicted molar refractivity (Wildman–Crippen MR) is 108 cm³/mol. The van der Waals surface area contributed by atoms with Gasteiger partial charge in [0.2, 0.25) is 0 Å². The molecule has 4 rings (SSSR count). The largest absolute Gasteiger partial charge is 0.462 e. The molecule has 1 heterocycles. The van der Waals surface area contributed by atoms with E-state index in [1.165, 1.54) is 0 Å². The summed E-state index contributed by atoms with van der Waals surface area (Å²) in [4.78, 5) is 24.4. The minimum Gasteiger partial charge on any atom is -0.462 e. The van der Waals surface area contributed by atoms with E-state index >= 15 is 0 Å². The fraction of sp³-hybridized carbons (Fsp3) is 0.333. The van der Waals surface area contributed by atoms with Gasteiger partial charge < -0.3 is 14.2 Å². The van der Waals surface area contributed by atoms with Crippen LogP contribution in [0.25, 0.3) is 11.1 Å². The summed E-state index contributed by atoms with van der Waals surface area (Å²) in [5.41, 5.74) is 2.64. The van der Waals surface area contributed by atoms with Crippen LogP contribution in [0.1, 0.15) is 23.2 Å². The van der Waals surface area contributed by atoms with Gasteiger partial charge in [-0.25, -0.2) is 4.79 Å². The maximum absolute atomic E-state index is 12.7. The first-order chi connectivity index (χ1) is 14.2. The van der Waals surface area contributed by atoms with Crippen molar-refractivity contribution in [1.82, 2.24) is 0 Å². The summed E-state index contributed by atoms with van der Waals surface area (Å²) >= 11 is 0. The zero-order valence-electron chi connectivity index (χ0n) is 16.2. The third kappa shape index (κ3) is 4.25. The number of ether oxygens (including phenoxy) is 3. The van der Waals surface area contributed by atoms with Crippen LogP contribution in [-0.2, 0) is 19.0 Å². The maximum atomic E-state index is 12.7. The topological polar surface area (TPSA) is 61.8 Å². The smallest absolute Gasteiger partial charge is 0.338 e. The second kappa shape index (κ2) is 8.62. The molecule has 0 radical (unpaired) electrons. The van der Waals surface area contributed by atoms with Crippen molar-refractivity contribution in [2.75, 3.05) is 13.2 Å². The van der Waals surface area contributed by atoms with Crippen molar-refractivity contribution in [2.45, 2.75) is 25.0 Å². The van der Waals surface area contributed by atoms with E-state index in [-0.39, 0.29) is 36.0 Å². The van der Waals surface area contributed by atoms with Gasteiger partial charge in [-0.1, -0.05) is 48.5 Å². The summed E-state index contributed by atoms with van der Waals surface area (Å²) < 4.78 is 16.8. The Kier molecular flexibility index (Phi) is 5.76. The molecule has 0 bridgehead atoms. The highest BCUT2D eigenvalue weighted by Crippen LogP contribution is 2.43. The molecule has 2 aromatic carbocycles. The lowest BCUT2D eigenvalue weighted by atomic mass is 9.93. The van der Waals surface area contributed by atoms with Gasteiger partial charge in [0.05, 0.1) is 25.2 Å². The fourth-order valence-electron chi connectivity index (χ4n) is 4.25. The Bertz CT molecular complexity index is 874. The van der Waals surface area contributed by atoms with Crippen LogP contribution in [-0.4, -0.2) is 37.4 Å². The van der Waals surface area contributed by atoms with Crippen molar-refractivity contribution in [1.29, 1.82) is 0 Å². The molecular formula is C24H24O5. The molecule has 2 aromatic rings. The number of carbonyl (C=O) groups is 2. The average Bonchev–Trinajstić information content (AvgIpc) is 3.25. The molecule has 0 N–H and O–H groups in total. The molecular weight excluding hydrogens is 368 g/mol. The molecule has 2 aliphatic rings. The Hall–Kier alpha value is -2.92. The van der Waals surface area contributed by atoms with Gasteiger partial charge >= 0.3 is 11.9 Å². The van der Waals surface area contributed by atoms with E-state index in [0.29, 0.717) is 31.6 Å². The Morgan fingerprint density at radius 2 is 1.83 bits per heavy atom. The van der Waals surface area contributed by atoms with Crippen molar-refractivity contribution < 1.29 is 23.8 Å². The van der Waals surface area contributed by atoms with Gasteiger partial charge in [-0.3, -0.25) is 4.79 Å². The second-order valence-corrected chi connectivity index (χ2v) is 7.51. The lowest BCUT2D eigenvalue weighted by Gasteiger charge is -2.22. The van der Waals surface area contributed by atoms with E-state index < -0.39 is 0 Å². The first-order valence-corrected chi connectivity index (χ1v) is 9.90. The number of esters is 2. The highest BCUT2D eigenvalue weighted by atomic mass is 16.6. The average molecular weight is 392 g/mol. The minimum absolute atomic E-state index is 0.0329. The molecule has 150 valence electrons. The fourth-order valence-corrected chi connectivity index (χ4v) is 4.25. The number of hydrogen-bond donors (Lipinski definition) is 0. The van der Waals surface area contributed by atoms with E-state index in [1.54, 1.807) is 18.2 Å². The molecule has 1 aliphatic carbocycles. The molecule has 2 fully saturated rings. The van der Waals surface area contributed by atoms with E-state index in [4.69, 9.17) is 14.2 Å². The maximum Gasteiger partial charge on any atom is 0.338 e. The molecule has 4 atom stereocenters. The molecule has 0 aromatic heterocycles. The van der Waals surface area contributed by atoms with Crippen molar-refractivity contribution in [2.24, 2.45) is 11.8 Å². The van der Waals surface area contributed by atoms with E-state index in [9.17, 15) is 9.59 Å². The van der Waals surface area contributed by atoms with Gasteiger partial charge in [-0.05, 0) is 23.3 Å². The Morgan fingerprint density at radius 1 is 1.10 bits per heavy atom. The molecule has 5 nitrogen and oxygen atoms in total. The van der Waals surface area contributed by atoms with Gasteiger partial charge in [0.15, 0.2) is 0 Å². The van der Waals surface area contributed by atoms with Gasteiger partial charge in [-0.15, -0.1) is 6.58 Å². The highest BCUT2D eigenvalue weighted by Gasteiger charge is 2.51. The summed E-state index contributed by atoms with van der Waals surface area (Å²) in [6.07, 6.45) is 2.03. The molecule has 0 unspecified atom stereocenters. The van der Waals surface area contributed by atoms with E-state index in [1.807, 2.05) is 42.5 Å². The Morgan fingerprint density at radius 3 is 2.55 bits per heavy atom. The highest BCUT2D eigenvalue weighted by molar-refractivity contribution is 5.90. The van der Waals surface area contributed by atoms with Crippen LogP contribution < -0.4 is 0 Å². The van der Waals surface area contributed by atoms with E-state index in [2.05, 4.69) is 6.58 Å². The summed E-state index contributed by atoms with van der Waals surface area (Å²) in [5.74, 6) is -0.575. The lowest BCUT2D eigenvalue weighted by Crippen LogP contribution is -2.29. The zero-order valence-corrected chi connectivity index (χ0v) is 16.2. The SMILES string of the molecule is C=CCOC[C@@H]1[C@H]2CC(=O)O[C@H]2C[C@H]1OC(=O)c1ccc(-c2ccccc2)cc1. The van der Waals surface area contributed by atoms with Crippen molar-refractivity contribution in [3.8, 4) is 11.1 Å². The molecule has 1 saturated carbocycles. The van der Waals surface area contributed by atoms with Crippen LogP contribution in [0.4, 0.5) is 0 Å². The molecule has 1 saturated heterocycles. The van der Waals surface area contributed by atoms with Gasteiger partial charge in [-0.2, -0.15) is 0 Å². The van der Waals surface area contributed by atoms with Crippen LogP contribution in [0.5, 0.6) is 0 Å². The summed E-state index contributed by atoms with van der Waals surface area (Å²) in [6, 6.07) is 17.4. The Balaban J connectivity index is 1.43. The van der Waals surface area contributed by atoms with Gasteiger partial charge in [0, 0.05) is 18.3 Å². The van der Waals surface area contributed by atoms with Crippen LogP contribution in [0.3, 0.4) is 0 Å².